The molecule has 0 aliphatic carbocycles. The molecule has 0 radical (unpaired) electrons. The first-order valence-electron chi connectivity index (χ1n) is 5.04. The minimum absolute atomic E-state index is 0.0565. The molecule has 0 aromatic carbocycles. The van der Waals surface area contributed by atoms with Gasteiger partial charge in [-0.05, 0) is 0 Å². The minimum Gasteiger partial charge on any atom is -0.395 e. The number of aliphatic hydroxyl groups is 2. The molecule has 0 aliphatic heterocycles. The third-order valence-corrected chi connectivity index (χ3v) is 1.68. The Labute approximate surface area is 101 Å². The van der Waals surface area contributed by atoms with Gasteiger partial charge in [0.05, 0.1) is 13.2 Å². The van der Waals surface area contributed by atoms with Gasteiger partial charge in [0.1, 0.15) is 0 Å². The first kappa shape index (κ1) is 13.9. The summed E-state index contributed by atoms with van der Waals surface area (Å²) in [6.07, 6.45) is 0. The average molecular weight is 256 g/mol. The van der Waals surface area contributed by atoms with Crippen LogP contribution < -0.4 is 10.6 Å². The highest BCUT2D eigenvalue weighted by molar-refractivity contribution is 5.91. The molecule has 2 amide bonds. The Balaban J connectivity index is 2.62. The van der Waals surface area contributed by atoms with Crippen molar-refractivity contribution < 1.29 is 19.8 Å². The maximum absolute atomic E-state index is 11.3. The lowest BCUT2D eigenvalue weighted by molar-refractivity contribution is 0.0912. The number of aromatic nitrogens is 4. The molecule has 0 spiro atoms. The van der Waals surface area contributed by atoms with Crippen molar-refractivity contribution in [2.45, 2.75) is 0 Å². The molecule has 18 heavy (non-hydrogen) atoms. The van der Waals surface area contributed by atoms with Crippen LogP contribution in [0.1, 0.15) is 21.2 Å². The zero-order chi connectivity index (χ0) is 13.4. The van der Waals surface area contributed by atoms with Crippen molar-refractivity contribution in [2.24, 2.45) is 0 Å². The van der Waals surface area contributed by atoms with Gasteiger partial charge < -0.3 is 20.8 Å². The molecule has 0 saturated heterocycles. The van der Waals surface area contributed by atoms with Crippen molar-refractivity contribution in [2.75, 3.05) is 26.3 Å². The molecule has 1 aromatic heterocycles. The molecule has 0 aliphatic rings. The lowest BCUT2D eigenvalue weighted by atomic mass is 10.5. The molecule has 1 heterocycles. The summed E-state index contributed by atoms with van der Waals surface area (Å²) < 4.78 is 0. The van der Waals surface area contributed by atoms with E-state index in [1.165, 1.54) is 0 Å². The third kappa shape index (κ3) is 3.99. The molecule has 0 saturated carbocycles. The highest BCUT2D eigenvalue weighted by atomic mass is 16.3. The second kappa shape index (κ2) is 7.19. The summed E-state index contributed by atoms with van der Waals surface area (Å²) >= 11 is 0. The standard InChI is InChI=1S/C8H12N6O4/c15-3-1-9-7(17)5-11-13-6(14-12-5)8(18)10-2-4-16/h15-16H,1-4H2,(H,9,17)(H,10,18). The predicted octanol–water partition coefficient (Wildman–Crippen LogP) is -3.29. The number of carbonyl (C=O) groups is 2. The van der Waals surface area contributed by atoms with E-state index in [0.717, 1.165) is 0 Å². The van der Waals surface area contributed by atoms with E-state index in [-0.39, 0.29) is 38.0 Å². The van der Waals surface area contributed by atoms with Crippen molar-refractivity contribution in [1.29, 1.82) is 0 Å². The molecule has 0 atom stereocenters. The van der Waals surface area contributed by atoms with Crippen LogP contribution in [-0.2, 0) is 0 Å². The molecule has 10 nitrogen and oxygen atoms in total. The van der Waals surface area contributed by atoms with Crippen LogP contribution in [0.4, 0.5) is 0 Å². The van der Waals surface area contributed by atoms with Gasteiger partial charge in [0.15, 0.2) is 0 Å². The number of carbonyl (C=O) groups excluding carboxylic acids is 2. The van der Waals surface area contributed by atoms with E-state index >= 15 is 0 Å². The van der Waals surface area contributed by atoms with Crippen LogP contribution in [0.3, 0.4) is 0 Å². The number of hydrogen-bond donors (Lipinski definition) is 4. The fourth-order valence-corrected chi connectivity index (χ4v) is 0.908. The van der Waals surface area contributed by atoms with Crippen LogP contribution in [0.5, 0.6) is 0 Å². The Morgan fingerprint density at radius 1 is 0.833 bits per heavy atom. The van der Waals surface area contributed by atoms with E-state index < -0.39 is 11.8 Å². The highest BCUT2D eigenvalue weighted by Gasteiger charge is 2.14. The summed E-state index contributed by atoms with van der Waals surface area (Å²) in [5.74, 6) is -1.90. The Morgan fingerprint density at radius 3 is 1.44 bits per heavy atom. The molecule has 4 N–H and O–H groups in total. The van der Waals surface area contributed by atoms with E-state index in [0.29, 0.717) is 0 Å². The van der Waals surface area contributed by atoms with Crippen molar-refractivity contribution in [3.8, 4) is 0 Å². The van der Waals surface area contributed by atoms with Crippen molar-refractivity contribution in [3.63, 3.8) is 0 Å². The summed E-state index contributed by atoms with van der Waals surface area (Å²) in [6.45, 7) is -0.315. The number of hydrogen-bond acceptors (Lipinski definition) is 8. The van der Waals surface area contributed by atoms with Crippen molar-refractivity contribution in [1.82, 2.24) is 31.0 Å². The summed E-state index contributed by atoms with van der Waals surface area (Å²) in [5, 5.41) is 35.3. The molecular weight excluding hydrogens is 244 g/mol. The average Bonchev–Trinajstić information content (AvgIpc) is 2.42. The Morgan fingerprint density at radius 2 is 1.17 bits per heavy atom. The summed E-state index contributed by atoms with van der Waals surface area (Å²) in [5.41, 5.74) is 0. The first-order chi connectivity index (χ1) is 8.69. The number of amides is 2. The summed E-state index contributed by atoms with van der Waals surface area (Å²) in [4.78, 5) is 22.6. The smallest absolute Gasteiger partial charge is 0.292 e. The van der Waals surface area contributed by atoms with Gasteiger partial charge in [0, 0.05) is 13.1 Å². The SMILES string of the molecule is O=C(NCCO)c1nnc(C(=O)NCCO)nn1. The Hall–Kier alpha value is -2.20. The van der Waals surface area contributed by atoms with Crippen LogP contribution >= 0.6 is 0 Å². The second-order valence-electron chi connectivity index (χ2n) is 3.01. The topological polar surface area (TPSA) is 150 Å². The fraction of sp³-hybridized carbons (Fsp3) is 0.500. The van der Waals surface area contributed by atoms with Gasteiger partial charge in [-0.1, -0.05) is 0 Å². The predicted molar refractivity (Wildman–Crippen MR) is 56.5 cm³/mol. The normalized spacial score (nSPS) is 9.89. The largest absolute Gasteiger partial charge is 0.395 e. The minimum atomic E-state index is -0.647. The van der Waals surface area contributed by atoms with Gasteiger partial charge in [0.25, 0.3) is 23.5 Å². The molecule has 98 valence electrons. The molecule has 0 unspecified atom stereocenters. The zero-order valence-corrected chi connectivity index (χ0v) is 9.33. The lowest BCUT2D eigenvalue weighted by Gasteiger charge is -2.02. The van der Waals surface area contributed by atoms with E-state index in [2.05, 4.69) is 31.0 Å². The van der Waals surface area contributed by atoms with Crippen LogP contribution in [-0.4, -0.2) is 68.7 Å². The molecule has 1 aromatic rings. The first-order valence-corrected chi connectivity index (χ1v) is 5.04. The summed E-state index contributed by atoms with van der Waals surface area (Å²) in [7, 11) is 0. The molecule has 1 rings (SSSR count). The van der Waals surface area contributed by atoms with E-state index in [9.17, 15) is 9.59 Å². The van der Waals surface area contributed by atoms with Gasteiger partial charge in [-0.3, -0.25) is 9.59 Å². The van der Waals surface area contributed by atoms with Gasteiger partial charge in [-0.2, -0.15) is 0 Å². The molecular formula is C8H12N6O4. The zero-order valence-electron chi connectivity index (χ0n) is 9.33. The van der Waals surface area contributed by atoms with Crippen LogP contribution in [0.15, 0.2) is 0 Å². The summed E-state index contributed by atoms with van der Waals surface area (Å²) in [6, 6.07) is 0. The van der Waals surface area contributed by atoms with Crippen LogP contribution in [0.25, 0.3) is 0 Å². The number of nitrogens with one attached hydrogen (secondary N) is 2. The second-order valence-corrected chi connectivity index (χ2v) is 3.01. The van der Waals surface area contributed by atoms with Gasteiger partial charge >= 0.3 is 0 Å². The van der Waals surface area contributed by atoms with Gasteiger partial charge in [-0.15, -0.1) is 20.4 Å². The quantitative estimate of drug-likeness (QED) is 0.413. The molecule has 0 bridgehead atoms. The molecule has 0 fully saturated rings. The van der Waals surface area contributed by atoms with Gasteiger partial charge in [-0.25, -0.2) is 0 Å². The van der Waals surface area contributed by atoms with Crippen molar-refractivity contribution >= 4 is 11.8 Å². The number of aliphatic hydroxyl groups excluding tert-OH is 2. The van der Waals surface area contributed by atoms with Crippen LogP contribution in [0, 0.1) is 0 Å². The lowest BCUT2D eigenvalue weighted by Crippen LogP contribution is -2.31. The maximum atomic E-state index is 11.3. The monoisotopic (exact) mass is 256 g/mol. The molecule has 10 heteroatoms. The van der Waals surface area contributed by atoms with E-state index in [4.69, 9.17) is 10.2 Å². The number of rotatable bonds is 6. The Bertz CT molecular complexity index is 370. The van der Waals surface area contributed by atoms with Gasteiger partial charge in [0.2, 0.25) is 0 Å². The third-order valence-electron chi connectivity index (χ3n) is 1.68. The Kier molecular flexibility index (Phi) is 5.54. The highest BCUT2D eigenvalue weighted by Crippen LogP contribution is 1.87. The van der Waals surface area contributed by atoms with Crippen molar-refractivity contribution in [3.05, 3.63) is 11.6 Å². The van der Waals surface area contributed by atoms with E-state index in [1.807, 2.05) is 0 Å². The fourth-order valence-electron chi connectivity index (χ4n) is 0.908. The van der Waals surface area contributed by atoms with E-state index in [1.54, 1.807) is 0 Å². The number of nitrogens with zero attached hydrogens (tertiary/aromatic N) is 4. The van der Waals surface area contributed by atoms with Crippen LogP contribution in [0.2, 0.25) is 0 Å². The maximum Gasteiger partial charge on any atom is 0.292 e.